The first-order valence-electron chi connectivity index (χ1n) is 10.8. The minimum atomic E-state index is -4.35. The molecule has 1 saturated heterocycles. The average Bonchev–Trinajstić information content (AvgIpc) is 3.07. The average molecular weight is 432 g/mol. The molecule has 0 aliphatic carbocycles. The summed E-state index contributed by atoms with van der Waals surface area (Å²) in [4.78, 5) is 5.82. The number of hydrogen-bond donors (Lipinski definition) is 2. The van der Waals surface area contributed by atoms with Gasteiger partial charge in [0.25, 0.3) is 0 Å². The van der Waals surface area contributed by atoms with Gasteiger partial charge < -0.3 is 15.2 Å². The van der Waals surface area contributed by atoms with Gasteiger partial charge in [0.05, 0.1) is 0 Å². The number of halogens is 3. The van der Waals surface area contributed by atoms with E-state index in [1.54, 1.807) is 6.08 Å². The molecule has 0 unspecified atom stereocenters. The Labute approximate surface area is 182 Å². The number of piperidine rings is 1. The van der Waals surface area contributed by atoms with E-state index in [2.05, 4.69) is 40.0 Å². The highest BCUT2D eigenvalue weighted by Gasteiger charge is 2.30. The number of aromatic amines is 1. The van der Waals surface area contributed by atoms with Crippen LogP contribution >= 0.6 is 0 Å². The Balaban J connectivity index is 1.88. The molecule has 0 spiro atoms. The molecule has 1 fully saturated rings. The lowest BCUT2D eigenvalue weighted by molar-refractivity contribution is -0.0912. The van der Waals surface area contributed by atoms with Crippen LogP contribution < -0.4 is 5.32 Å². The number of aryl methyl sites for hydroxylation is 1. The summed E-state index contributed by atoms with van der Waals surface area (Å²) in [6.07, 6.45) is 2.22. The summed E-state index contributed by atoms with van der Waals surface area (Å²) in [7, 11) is 1.98. The van der Waals surface area contributed by atoms with Crippen molar-refractivity contribution in [1.82, 2.24) is 15.2 Å². The molecular formula is C25H32F3N3. The number of allylic oxidation sites excluding steroid dienone is 5. The summed E-state index contributed by atoms with van der Waals surface area (Å²) in [5.74, 6) is 0.517. The third kappa shape index (κ3) is 5.49. The Hall–Kier alpha value is -2.31. The van der Waals surface area contributed by atoms with Crippen molar-refractivity contribution < 1.29 is 13.2 Å². The molecule has 1 aliphatic heterocycles. The highest BCUT2D eigenvalue weighted by molar-refractivity contribution is 5.91. The number of aromatic nitrogens is 1. The van der Waals surface area contributed by atoms with Crippen LogP contribution in [0.4, 0.5) is 13.2 Å². The molecule has 0 atom stereocenters. The molecule has 3 rings (SSSR count). The number of hydrogen-bond acceptors (Lipinski definition) is 2. The normalized spacial score (nSPS) is 17.5. The Morgan fingerprint density at radius 3 is 2.61 bits per heavy atom. The maximum atomic E-state index is 13.1. The number of nitrogens with one attached hydrogen (secondary N) is 2. The number of benzene rings is 1. The molecule has 0 bridgehead atoms. The summed E-state index contributed by atoms with van der Waals surface area (Å²) in [5.41, 5.74) is 3.77. The number of likely N-dealkylation sites (tertiary alicyclic amines) is 1. The van der Waals surface area contributed by atoms with E-state index >= 15 is 0 Å². The van der Waals surface area contributed by atoms with Gasteiger partial charge in [-0.2, -0.15) is 13.2 Å². The molecule has 0 amide bonds. The number of alkyl halides is 3. The third-order valence-corrected chi connectivity index (χ3v) is 6.22. The van der Waals surface area contributed by atoms with Crippen LogP contribution in [-0.2, 0) is 0 Å². The summed E-state index contributed by atoms with van der Waals surface area (Å²) in [6, 6.07) is 6.43. The monoisotopic (exact) mass is 431 g/mol. The highest BCUT2D eigenvalue weighted by Crippen LogP contribution is 2.35. The van der Waals surface area contributed by atoms with E-state index in [0.29, 0.717) is 17.2 Å². The van der Waals surface area contributed by atoms with Crippen molar-refractivity contribution in [3.63, 3.8) is 0 Å². The number of rotatable bonds is 7. The standard InChI is InChI=1S/C25H32F3N3/c1-5-6-21(15-17(2)25(26,27)28)24-18(3)22-16-20(7-8-23(22)30-24)19-9-12-31(13-10-19)14-11-29-4/h5-8,15-16,19,29-30H,1,9-14H2,2-4H3/b17-15+,21-6+. The fraction of sp³-hybridized carbons (Fsp3) is 0.440. The molecule has 1 aromatic heterocycles. The van der Waals surface area contributed by atoms with Crippen LogP contribution in [0.25, 0.3) is 16.5 Å². The lowest BCUT2D eigenvalue weighted by Gasteiger charge is -2.32. The van der Waals surface area contributed by atoms with Crippen LogP contribution in [0.1, 0.15) is 42.5 Å². The van der Waals surface area contributed by atoms with Crippen molar-refractivity contribution in [2.45, 2.75) is 38.8 Å². The molecule has 3 nitrogen and oxygen atoms in total. The van der Waals surface area contributed by atoms with Crippen molar-refractivity contribution in [1.29, 1.82) is 0 Å². The van der Waals surface area contributed by atoms with Gasteiger partial charge in [0.15, 0.2) is 0 Å². The zero-order chi connectivity index (χ0) is 22.6. The molecular weight excluding hydrogens is 399 g/mol. The van der Waals surface area contributed by atoms with Crippen molar-refractivity contribution in [2.75, 3.05) is 33.2 Å². The Morgan fingerprint density at radius 1 is 1.29 bits per heavy atom. The van der Waals surface area contributed by atoms with Crippen molar-refractivity contribution in [3.8, 4) is 0 Å². The van der Waals surface area contributed by atoms with Crippen molar-refractivity contribution in [2.24, 2.45) is 0 Å². The second kappa shape index (κ2) is 9.88. The molecule has 0 radical (unpaired) electrons. The zero-order valence-corrected chi connectivity index (χ0v) is 18.6. The van der Waals surface area contributed by atoms with Crippen LogP contribution in [0.5, 0.6) is 0 Å². The molecule has 1 aliphatic rings. The molecule has 31 heavy (non-hydrogen) atoms. The molecule has 2 aromatic rings. The maximum Gasteiger partial charge on any atom is 0.412 e. The number of likely N-dealkylation sites (N-methyl/N-ethyl adjacent to an activating group) is 1. The van der Waals surface area contributed by atoms with E-state index in [1.807, 2.05) is 14.0 Å². The first kappa shape index (κ1) is 23.4. The summed E-state index contributed by atoms with van der Waals surface area (Å²) >= 11 is 0. The highest BCUT2D eigenvalue weighted by atomic mass is 19.4. The number of nitrogens with zero attached hydrogens (tertiary/aromatic N) is 1. The van der Waals surface area contributed by atoms with E-state index in [-0.39, 0.29) is 0 Å². The van der Waals surface area contributed by atoms with Gasteiger partial charge >= 0.3 is 6.18 Å². The summed E-state index contributed by atoms with van der Waals surface area (Å²) in [5, 5.41) is 4.27. The quantitative estimate of drug-likeness (QED) is 0.531. The predicted molar refractivity (Wildman–Crippen MR) is 123 cm³/mol. The van der Waals surface area contributed by atoms with Crippen LogP contribution in [-0.4, -0.2) is 49.3 Å². The molecule has 6 heteroatoms. The van der Waals surface area contributed by atoms with Crippen LogP contribution in [0, 0.1) is 6.92 Å². The number of fused-ring (bicyclic) bond motifs is 1. The van der Waals surface area contributed by atoms with E-state index in [1.165, 1.54) is 17.7 Å². The molecule has 2 N–H and O–H groups in total. The van der Waals surface area contributed by atoms with Crippen LogP contribution in [0.15, 0.2) is 48.6 Å². The Bertz CT molecular complexity index is 974. The zero-order valence-electron chi connectivity index (χ0n) is 18.6. The van der Waals surface area contributed by atoms with Gasteiger partial charge in [0.1, 0.15) is 0 Å². The fourth-order valence-corrected chi connectivity index (χ4v) is 4.29. The van der Waals surface area contributed by atoms with Gasteiger partial charge in [0, 0.05) is 35.3 Å². The van der Waals surface area contributed by atoms with Gasteiger partial charge in [-0.1, -0.05) is 24.8 Å². The maximum absolute atomic E-state index is 13.1. The smallest absolute Gasteiger partial charge is 0.354 e. The van der Waals surface area contributed by atoms with Gasteiger partial charge in [-0.3, -0.25) is 0 Å². The molecule has 168 valence electrons. The van der Waals surface area contributed by atoms with E-state index < -0.39 is 11.7 Å². The lowest BCUT2D eigenvalue weighted by atomic mass is 9.88. The van der Waals surface area contributed by atoms with Crippen LogP contribution in [0.3, 0.4) is 0 Å². The minimum Gasteiger partial charge on any atom is -0.354 e. The van der Waals surface area contributed by atoms with Gasteiger partial charge in [-0.05, 0) is 87.7 Å². The fourth-order valence-electron chi connectivity index (χ4n) is 4.29. The Morgan fingerprint density at radius 2 is 2.00 bits per heavy atom. The van der Waals surface area contributed by atoms with Gasteiger partial charge in [-0.15, -0.1) is 0 Å². The first-order chi connectivity index (χ1) is 14.7. The second-order valence-corrected chi connectivity index (χ2v) is 8.33. The molecule has 1 aromatic carbocycles. The summed E-state index contributed by atoms with van der Waals surface area (Å²) in [6.45, 7) is 11.0. The predicted octanol–water partition coefficient (Wildman–Crippen LogP) is 5.95. The minimum absolute atomic E-state index is 0.484. The van der Waals surface area contributed by atoms with Gasteiger partial charge in [0.2, 0.25) is 0 Å². The largest absolute Gasteiger partial charge is 0.412 e. The van der Waals surface area contributed by atoms with E-state index in [0.717, 1.165) is 62.4 Å². The van der Waals surface area contributed by atoms with Gasteiger partial charge in [-0.25, -0.2) is 0 Å². The van der Waals surface area contributed by atoms with Crippen molar-refractivity contribution in [3.05, 3.63) is 65.4 Å². The molecule has 2 heterocycles. The Kier molecular flexibility index (Phi) is 7.44. The molecule has 0 saturated carbocycles. The van der Waals surface area contributed by atoms with Crippen molar-refractivity contribution >= 4 is 16.5 Å². The summed E-state index contributed by atoms with van der Waals surface area (Å²) < 4.78 is 39.3. The number of H-pyrrole nitrogens is 1. The topological polar surface area (TPSA) is 31.1 Å². The van der Waals surface area contributed by atoms with E-state index in [4.69, 9.17) is 0 Å². The van der Waals surface area contributed by atoms with Crippen LogP contribution in [0.2, 0.25) is 0 Å². The second-order valence-electron chi connectivity index (χ2n) is 8.33. The van der Waals surface area contributed by atoms with E-state index in [9.17, 15) is 13.2 Å². The lowest BCUT2D eigenvalue weighted by Crippen LogP contribution is -2.37. The SMILES string of the molecule is C=C/C=C(\C=C(/C)C(F)(F)F)c1[nH]c2ccc(C3CCN(CCNC)CC3)cc2c1C. The first-order valence-corrected chi connectivity index (χ1v) is 10.8. The third-order valence-electron chi connectivity index (χ3n) is 6.22.